The Morgan fingerprint density at radius 1 is 1.39 bits per heavy atom. The first-order valence-corrected chi connectivity index (χ1v) is 9.08. The van der Waals surface area contributed by atoms with Crippen molar-refractivity contribution in [1.82, 2.24) is 4.72 Å². The van der Waals surface area contributed by atoms with Gasteiger partial charge in [-0.1, -0.05) is 6.07 Å². The number of rotatable bonds is 6. The summed E-state index contributed by atoms with van der Waals surface area (Å²) in [4.78, 5) is 12.2. The lowest BCUT2D eigenvalue weighted by molar-refractivity contribution is -0.141. The lowest BCUT2D eigenvalue weighted by Crippen LogP contribution is -2.30. The van der Waals surface area contributed by atoms with E-state index in [4.69, 9.17) is 0 Å². The third-order valence-electron chi connectivity index (χ3n) is 3.21. The molecule has 23 heavy (non-hydrogen) atoms. The SMILES string of the molecule is COC(=O)CC(NS(=O)(=O)c1ccc(F)cc1C)c1cccs1. The molecule has 0 aliphatic heterocycles. The fourth-order valence-corrected chi connectivity index (χ4v) is 4.40. The first kappa shape index (κ1) is 17.6. The van der Waals surface area contributed by atoms with Crippen molar-refractivity contribution in [3.05, 3.63) is 52.0 Å². The predicted molar refractivity (Wildman–Crippen MR) is 85.2 cm³/mol. The highest BCUT2D eigenvalue weighted by atomic mass is 32.2. The highest BCUT2D eigenvalue weighted by molar-refractivity contribution is 7.89. The van der Waals surface area contributed by atoms with Crippen molar-refractivity contribution >= 4 is 27.3 Å². The Kier molecular flexibility index (Phi) is 5.51. The average Bonchev–Trinajstić information content (AvgIpc) is 2.99. The molecule has 5 nitrogen and oxygen atoms in total. The van der Waals surface area contributed by atoms with Crippen molar-refractivity contribution < 1.29 is 22.3 Å². The maximum atomic E-state index is 13.2. The van der Waals surface area contributed by atoms with Crippen LogP contribution in [-0.2, 0) is 19.6 Å². The van der Waals surface area contributed by atoms with E-state index < -0.39 is 27.9 Å². The maximum absolute atomic E-state index is 13.2. The van der Waals surface area contributed by atoms with Crippen LogP contribution in [0, 0.1) is 12.7 Å². The molecule has 1 aromatic heterocycles. The number of benzene rings is 1. The molecule has 0 bridgehead atoms. The summed E-state index contributed by atoms with van der Waals surface area (Å²) < 4.78 is 45.4. The standard InChI is InChI=1S/C15H16FNO4S2/c1-10-8-11(16)5-6-14(10)23(19,20)17-12(9-15(18)21-2)13-4-3-7-22-13/h3-8,12,17H,9H2,1-2H3. The van der Waals surface area contributed by atoms with Gasteiger partial charge in [0.15, 0.2) is 0 Å². The molecule has 8 heteroatoms. The van der Waals surface area contributed by atoms with E-state index in [0.717, 1.165) is 12.1 Å². The van der Waals surface area contributed by atoms with Crippen LogP contribution in [0.25, 0.3) is 0 Å². The van der Waals surface area contributed by atoms with Crippen molar-refractivity contribution in [1.29, 1.82) is 0 Å². The van der Waals surface area contributed by atoms with Gasteiger partial charge in [-0.25, -0.2) is 17.5 Å². The minimum atomic E-state index is -3.90. The smallest absolute Gasteiger partial charge is 0.307 e. The molecule has 2 aromatic rings. The third kappa shape index (κ3) is 4.37. The molecule has 0 aliphatic carbocycles. The molecule has 2 rings (SSSR count). The van der Waals surface area contributed by atoms with E-state index in [-0.39, 0.29) is 11.3 Å². The maximum Gasteiger partial charge on any atom is 0.307 e. The fourth-order valence-electron chi connectivity index (χ4n) is 2.10. The molecule has 124 valence electrons. The summed E-state index contributed by atoms with van der Waals surface area (Å²) in [7, 11) is -2.66. The Balaban J connectivity index is 2.32. The van der Waals surface area contributed by atoms with Crippen molar-refractivity contribution in [3.63, 3.8) is 0 Å². The summed E-state index contributed by atoms with van der Waals surface area (Å²) in [6.45, 7) is 1.51. The molecule has 1 atom stereocenters. The Hall–Kier alpha value is -1.77. The van der Waals surface area contributed by atoms with E-state index in [1.54, 1.807) is 17.5 Å². The van der Waals surface area contributed by atoms with Crippen LogP contribution >= 0.6 is 11.3 Å². The molecule has 0 saturated carbocycles. The number of thiophene rings is 1. The van der Waals surface area contributed by atoms with Gasteiger partial charge < -0.3 is 4.74 Å². The number of carbonyl (C=O) groups excluding carboxylic acids is 1. The third-order valence-corrected chi connectivity index (χ3v) is 5.83. The Morgan fingerprint density at radius 3 is 2.70 bits per heavy atom. The lowest BCUT2D eigenvalue weighted by Gasteiger charge is -2.17. The van der Waals surface area contributed by atoms with Gasteiger partial charge in [0.1, 0.15) is 5.82 Å². The molecule has 1 N–H and O–H groups in total. The fraction of sp³-hybridized carbons (Fsp3) is 0.267. The number of ether oxygens (including phenoxy) is 1. The summed E-state index contributed by atoms with van der Waals surface area (Å²) in [6, 6.07) is 6.20. The zero-order chi connectivity index (χ0) is 17.0. The van der Waals surface area contributed by atoms with Crippen LogP contribution in [0.3, 0.4) is 0 Å². The molecule has 0 saturated heterocycles. The predicted octanol–water partition coefficient (Wildman–Crippen LogP) is 2.78. The van der Waals surface area contributed by atoms with Gasteiger partial charge in [-0.15, -0.1) is 11.3 Å². The highest BCUT2D eigenvalue weighted by Crippen LogP contribution is 2.26. The first-order valence-electron chi connectivity index (χ1n) is 6.72. The Labute approximate surface area is 138 Å². The number of halogens is 1. The van der Waals surface area contributed by atoms with Gasteiger partial charge in [-0.2, -0.15) is 0 Å². The number of nitrogens with one attached hydrogen (secondary N) is 1. The Morgan fingerprint density at radius 2 is 2.13 bits per heavy atom. The average molecular weight is 357 g/mol. The van der Waals surface area contributed by atoms with Gasteiger partial charge in [-0.3, -0.25) is 4.79 Å². The molecule has 1 aromatic carbocycles. The number of hydrogen-bond donors (Lipinski definition) is 1. The van der Waals surface area contributed by atoms with Crippen LogP contribution in [0.5, 0.6) is 0 Å². The summed E-state index contributed by atoms with van der Waals surface area (Å²) in [5.74, 6) is -1.03. The number of methoxy groups -OCH3 is 1. The van der Waals surface area contributed by atoms with Crippen LogP contribution < -0.4 is 4.72 Å². The largest absolute Gasteiger partial charge is 0.469 e. The minimum absolute atomic E-state index is 0.0229. The van der Waals surface area contributed by atoms with Crippen molar-refractivity contribution in [2.45, 2.75) is 24.3 Å². The van der Waals surface area contributed by atoms with Gasteiger partial charge in [0.2, 0.25) is 10.0 Å². The molecule has 1 heterocycles. The van der Waals surface area contributed by atoms with Crippen molar-refractivity contribution in [3.8, 4) is 0 Å². The number of carbonyl (C=O) groups is 1. The van der Waals surface area contributed by atoms with Crippen LogP contribution in [0.15, 0.2) is 40.6 Å². The topological polar surface area (TPSA) is 72.5 Å². The molecular formula is C15H16FNO4S2. The van der Waals surface area contributed by atoms with Gasteiger partial charge in [0, 0.05) is 4.88 Å². The molecule has 0 amide bonds. The van der Waals surface area contributed by atoms with Gasteiger partial charge >= 0.3 is 5.97 Å². The van der Waals surface area contributed by atoms with Crippen molar-refractivity contribution in [2.75, 3.05) is 7.11 Å². The zero-order valence-electron chi connectivity index (χ0n) is 12.6. The molecule has 0 radical (unpaired) electrons. The van der Waals surface area contributed by atoms with E-state index in [2.05, 4.69) is 9.46 Å². The van der Waals surface area contributed by atoms with E-state index >= 15 is 0 Å². The number of aryl methyl sites for hydroxylation is 1. The molecule has 0 spiro atoms. The monoisotopic (exact) mass is 357 g/mol. The number of sulfonamides is 1. The van der Waals surface area contributed by atoms with E-state index in [1.807, 2.05) is 0 Å². The van der Waals surface area contributed by atoms with Crippen molar-refractivity contribution in [2.24, 2.45) is 0 Å². The van der Waals surface area contributed by atoms with Crippen LogP contribution in [-0.4, -0.2) is 21.5 Å². The van der Waals surface area contributed by atoms with Crippen LogP contribution in [0.4, 0.5) is 4.39 Å². The second-order valence-corrected chi connectivity index (χ2v) is 7.54. The highest BCUT2D eigenvalue weighted by Gasteiger charge is 2.26. The molecular weight excluding hydrogens is 341 g/mol. The van der Waals surface area contributed by atoms with E-state index in [9.17, 15) is 17.6 Å². The second-order valence-electron chi connectivity index (χ2n) is 4.88. The summed E-state index contributed by atoms with van der Waals surface area (Å²) in [5, 5.41) is 1.79. The summed E-state index contributed by atoms with van der Waals surface area (Å²) in [6.07, 6.45) is -0.128. The van der Waals surface area contributed by atoms with Crippen LogP contribution in [0.2, 0.25) is 0 Å². The normalized spacial score (nSPS) is 12.8. The second kappa shape index (κ2) is 7.20. The summed E-state index contributed by atoms with van der Waals surface area (Å²) >= 11 is 1.33. The van der Waals surface area contributed by atoms with Gasteiger partial charge in [0.05, 0.1) is 24.5 Å². The van der Waals surface area contributed by atoms with Gasteiger partial charge in [-0.05, 0) is 42.1 Å². The molecule has 1 unspecified atom stereocenters. The summed E-state index contributed by atoms with van der Waals surface area (Å²) in [5.41, 5.74) is 0.292. The van der Waals surface area contributed by atoms with E-state index in [0.29, 0.717) is 10.4 Å². The van der Waals surface area contributed by atoms with E-state index in [1.165, 1.54) is 31.4 Å². The lowest BCUT2D eigenvalue weighted by atomic mass is 10.2. The van der Waals surface area contributed by atoms with Gasteiger partial charge in [0.25, 0.3) is 0 Å². The zero-order valence-corrected chi connectivity index (χ0v) is 14.2. The minimum Gasteiger partial charge on any atom is -0.469 e. The number of esters is 1. The van der Waals surface area contributed by atoms with Crippen LogP contribution in [0.1, 0.15) is 22.9 Å². The first-order chi connectivity index (χ1) is 10.8. The molecule has 0 aliphatic rings. The Bertz CT molecular complexity index is 788. The number of hydrogen-bond acceptors (Lipinski definition) is 5. The molecule has 0 fully saturated rings. The quantitative estimate of drug-likeness (QED) is 0.807.